The van der Waals surface area contributed by atoms with Crippen LogP contribution in [0.4, 0.5) is 0 Å². The van der Waals surface area contributed by atoms with Gasteiger partial charge in [-0.2, -0.15) is 0 Å². The molecular formula is C10H10O3. The van der Waals surface area contributed by atoms with Crippen LogP contribution in [0.2, 0.25) is 0 Å². The molecule has 0 spiro atoms. The zero-order chi connectivity index (χ0) is 9.10. The molecule has 0 unspecified atom stereocenters. The zero-order valence-electron chi connectivity index (χ0n) is 7.32. The van der Waals surface area contributed by atoms with Gasteiger partial charge in [-0.05, 0) is 23.8 Å². The summed E-state index contributed by atoms with van der Waals surface area (Å²) < 4.78 is 15.2. The summed E-state index contributed by atoms with van der Waals surface area (Å²) in [4.78, 5) is 0. The van der Waals surface area contributed by atoms with E-state index in [1.807, 2.05) is 24.3 Å². The number of methoxy groups -OCH3 is 1. The summed E-state index contributed by atoms with van der Waals surface area (Å²) in [5.41, 5.74) is 1.03. The Morgan fingerprint density at radius 3 is 3.00 bits per heavy atom. The molecular weight excluding hydrogens is 168 g/mol. The number of benzene rings is 1. The Balaban J connectivity index is 2.25. The van der Waals surface area contributed by atoms with E-state index in [1.165, 1.54) is 0 Å². The molecule has 0 atom stereocenters. The van der Waals surface area contributed by atoms with Crippen molar-refractivity contribution in [2.75, 3.05) is 13.9 Å². The highest BCUT2D eigenvalue weighted by molar-refractivity contribution is 5.55. The average molecular weight is 178 g/mol. The molecule has 3 heteroatoms. The molecule has 1 aromatic rings. The SMILES string of the molecule is CO/C=C/c1ccc2c(c1)OCO2. The predicted molar refractivity (Wildman–Crippen MR) is 48.6 cm³/mol. The summed E-state index contributed by atoms with van der Waals surface area (Å²) in [6, 6.07) is 5.75. The Morgan fingerprint density at radius 2 is 2.15 bits per heavy atom. The highest BCUT2D eigenvalue weighted by Crippen LogP contribution is 2.32. The van der Waals surface area contributed by atoms with Gasteiger partial charge in [-0.1, -0.05) is 6.07 Å². The first-order chi connectivity index (χ1) is 6.40. The maximum absolute atomic E-state index is 5.22. The van der Waals surface area contributed by atoms with Crippen molar-refractivity contribution < 1.29 is 14.2 Å². The molecule has 1 heterocycles. The van der Waals surface area contributed by atoms with Crippen LogP contribution in [0.25, 0.3) is 6.08 Å². The fourth-order valence-corrected chi connectivity index (χ4v) is 1.16. The van der Waals surface area contributed by atoms with Gasteiger partial charge in [0.05, 0.1) is 13.4 Å². The van der Waals surface area contributed by atoms with Crippen molar-refractivity contribution in [3.8, 4) is 11.5 Å². The van der Waals surface area contributed by atoms with Gasteiger partial charge in [0.15, 0.2) is 11.5 Å². The molecule has 0 N–H and O–H groups in total. The Hall–Kier alpha value is -1.64. The Bertz CT molecular complexity index is 331. The van der Waals surface area contributed by atoms with Crippen molar-refractivity contribution in [3.05, 3.63) is 30.0 Å². The normalized spacial score (nSPS) is 13.6. The van der Waals surface area contributed by atoms with E-state index >= 15 is 0 Å². The highest BCUT2D eigenvalue weighted by Gasteiger charge is 2.11. The zero-order valence-corrected chi connectivity index (χ0v) is 7.32. The number of ether oxygens (including phenoxy) is 3. The summed E-state index contributed by atoms with van der Waals surface area (Å²) in [7, 11) is 1.61. The van der Waals surface area contributed by atoms with Crippen LogP contribution < -0.4 is 9.47 Å². The van der Waals surface area contributed by atoms with Crippen molar-refractivity contribution >= 4 is 6.08 Å². The van der Waals surface area contributed by atoms with E-state index in [9.17, 15) is 0 Å². The number of rotatable bonds is 2. The van der Waals surface area contributed by atoms with E-state index in [4.69, 9.17) is 14.2 Å². The lowest BCUT2D eigenvalue weighted by atomic mass is 10.2. The Morgan fingerprint density at radius 1 is 1.31 bits per heavy atom. The van der Waals surface area contributed by atoms with Gasteiger partial charge in [0, 0.05) is 0 Å². The predicted octanol–water partition coefficient (Wildman–Crippen LogP) is 2.03. The van der Waals surface area contributed by atoms with Gasteiger partial charge in [-0.15, -0.1) is 0 Å². The van der Waals surface area contributed by atoms with Gasteiger partial charge in [0.2, 0.25) is 6.79 Å². The van der Waals surface area contributed by atoms with E-state index in [1.54, 1.807) is 13.4 Å². The van der Waals surface area contributed by atoms with E-state index in [0.29, 0.717) is 6.79 Å². The maximum atomic E-state index is 5.22. The quantitative estimate of drug-likeness (QED) is 0.648. The standard InChI is InChI=1S/C10H10O3/c1-11-5-4-8-2-3-9-10(6-8)13-7-12-9/h2-6H,7H2,1H3/b5-4+. The minimum absolute atomic E-state index is 0.312. The lowest BCUT2D eigenvalue weighted by Gasteiger charge is -1.96. The molecule has 68 valence electrons. The third kappa shape index (κ3) is 1.59. The second-order valence-electron chi connectivity index (χ2n) is 2.65. The van der Waals surface area contributed by atoms with Crippen LogP contribution in [-0.4, -0.2) is 13.9 Å². The fraction of sp³-hybridized carbons (Fsp3) is 0.200. The number of fused-ring (bicyclic) bond motifs is 1. The summed E-state index contributed by atoms with van der Waals surface area (Å²) in [5.74, 6) is 1.59. The minimum Gasteiger partial charge on any atom is -0.504 e. The van der Waals surface area contributed by atoms with Gasteiger partial charge < -0.3 is 14.2 Å². The monoisotopic (exact) mass is 178 g/mol. The van der Waals surface area contributed by atoms with E-state index < -0.39 is 0 Å². The van der Waals surface area contributed by atoms with Crippen LogP contribution >= 0.6 is 0 Å². The van der Waals surface area contributed by atoms with E-state index in [2.05, 4.69) is 0 Å². The van der Waals surface area contributed by atoms with Gasteiger partial charge in [-0.25, -0.2) is 0 Å². The molecule has 0 amide bonds. The van der Waals surface area contributed by atoms with Crippen molar-refractivity contribution in [1.82, 2.24) is 0 Å². The Kier molecular flexibility index (Phi) is 2.08. The highest BCUT2D eigenvalue weighted by atomic mass is 16.7. The van der Waals surface area contributed by atoms with Crippen LogP contribution in [-0.2, 0) is 4.74 Å². The molecule has 0 bridgehead atoms. The molecule has 3 nitrogen and oxygen atoms in total. The first kappa shape index (κ1) is 7.98. The van der Waals surface area contributed by atoms with Crippen molar-refractivity contribution in [1.29, 1.82) is 0 Å². The topological polar surface area (TPSA) is 27.7 Å². The number of hydrogen-bond acceptors (Lipinski definition) is 3. The van der Waals surface area contributed by atoms with Gasteiger partial charge >= 0.3 is 0 Å². The van der Waals surface area contributed by atoms with E-state index in [-0.39, 0.29) is 0 Å². The van der Waals surface area contributed by atoms with Crippen LogP contribution in [0.15, 0.2) is 24.5 Å². The van der Waals surface area contributed by atoms with E-state index in [0.717, 1.165) is 17.1 Å². The molecule has 2 rings (SSSR count). The summed E-state index contributed by atoms with van der Waals surface area (Å²) in [6.07, 6.45) is 3.49. The summed E-state index contributed by atoms with van der Waals surface area (Å²) >= 11 is 0. The molecule has 0 aromatic heterocycles. The fourth-order valence-electron chi connectivity index (χ4n) is 1.16. The Labute approximate surface area is 76.5 Å². The van der Waals surface area contributed by atoms with Crippen molar-refractivity contribution in [2.24, 2.45) is 0 Å². The average Bonchev–Trinajstić information content (AvgIpc) is 2.61. The molecule has 13 heavy (non-hydrogen) atoms. The molecule has 0 saturated heterocycles. The molecule has 1 aromatic carbocycles. The first-order valence-electron chi connectivity index (χ1n) is 3.99. The van der Waals surface area contributed by atoms with Crippen LogP contribution in [0.5, 0.6) is 11.5 Å². The lowest BCUT2D eigenvalue weighted by molar-refractivity contribution is 0.174. The smallest absolute Gasteiger partial charge is 0.231 e. The maximum Gasteiger partial charge on any atom is 0.231 e. The second-order valence-corrected chi connectivity index (χ2v) is 2.65. The molecule has 1 aliphatic heterocycles. The molecule has 1 aliphatic rings. The van der Waals surface area contributed by atoms with Gasteiger partial charge in [-0.3, -0.25) is 0 Å². The number of hydrogen-bond donors (Lipinski definition) is 0. The molecule has 0 radical (unpaired) electrons. The summed E-state index contributed by atoms with van der Waals surface area (Å²) in [5, 5.41) is 0. The first-order valence-corrected chi connectivity index (χ1v) is 3.99. The van der Waals surface area contributed by atoms with Gasteiger partial charge in [0.1, 0.15) is 0 Å². The van der Waals surface area contributed by atoms with Crippen molar-refractivity contribution in [2.45, 2.75) is 0 Å². The minimum atomic E-state index is 0.312. The van der Waals surface area contributed by atoms with Gasteiger partial charge in [0.25, 0.3) is 0 Å². The third-order valence-corrected chi connectivity index (χ3v) is 1.79. The second kappa shape index (κ2) is 3.39. The molecule has 0 fully saturated rings. The third-order valence-electron chi connectivity index (χ3n) is 1.79. The lowest BCUT2D eigenvalue weighted by Crippen LogP contribution is -1.92. The summed E-state index contributed by atoms with van der Waals surface area (Å²) in [6.45, 7) is 0.312. The van der Waals surface area contributed by atoms with Crippen LogP contribution in [0.1, 0.15) is 5.56 Å². The molecule has 0 saturated carbocycles. The van der Waals surface area contributed by atoms with Crippen LogP contribution in [0, 0.1) is 0 Å². The van der Waals surface area contributed by atoms with Crippen LogP contribution in [0.3, 0.4) is 0 Å². The van der Waals surface area contributed by atoms with Crippen molar-refractivity contribution in [3.63, 3.8) is 0 Å². The molecule has 0 aliphatic carbocycles. The largest absolute Gasteiger partial charge is 0.504 e.